The van der Waals surface area contributed by atoms with E-state index in [9.17, 15) is 9.59 Å². The lowest BCUT2D eigenvalue weighted by Crippen LogP contribution is -2.31. The molecule has 1 aliphatic rings. The number of para-hydroxylation sites is 1. The van der Waals surface area contributed by atoms with Gasteiger partial charge >= 0.3 is 0 Å². The van der Waals surface area contributed by atoms with Crippen LogP contribution in [0.2, 0.25) is 5.02 Å². The van der Waals surface area contributed by atoms with E-state index in [1.807, 2.05) is 37.3 Å². The van der Waals surface area contributed by atoms with E-state index < -0.39 is 5.25 Å². The minimum absolute atomic E-state index is 0.172. The number of nitrogens with zero attached hydrogens (tertiary/aromatic N) is 2. The third-order valence-corrected chi connectivity index (χ3v) is 6.76. The van der Waals surface area contributed by atoms with Crippen molar-refractivity contribution in [3.05, 3.63) is 53.1 Å². The van der Waals surface area contributed by atoms with Gasteiger partial charge in [0.1, 0.15) is 5.25 Å². The van der Waals surface area contributed by atoms with Crippen molar-refractivity contribution in [1.82, 2.24) is 4.98 Å². The van der Waals surface area contributed by atoms with Crippen molar-refractivity contribution in [2.24, 2.45) is 0 Å². The predicted molar refractivity (Wildman–Crippen MR) is 103 cm³/mol. The van der Waals surface area contributed by atoms with Crippen molar-refractivity contribution in [1.29, 1.82) is 0 Å². The van der Waals surface area contributed by atoms with Crippen LogP contribution < -0.4 is 4.90 Å². The van der Waals surface area contributed by atoms with Crippen LogP contribution in [0.25, 0.3) is 10.2 Å². The predicted octanol–water partition coefficient (Wildman–Crippen LogP) is 4.68. The van der Waals surface area contributed by atoms with Crippen molar-refractivity contribution >= 4 is 62.4 Å². The van der Waals surface area contributed by atoms with Crippen LogP contribution in [0.15, 0.2) is 46.8 Å². The van der Waals surface area contributed by atoms with Gasteiger partial charge in [0.15, 0.2) is 4.34 Å². The second kappa shape index (κ2) is 6.44. The van der Waals surface area contributed by atoms with Gasteiger partial charge in [0, 0.05) is 11.4 Å². The van der Waals surface area contributed by atoms with Crippen LogP contribution in [0.1, 0.15) is 12.0 Å². The van der Waals surface area contributed by atoms with Crippen molar-refractivity contribution in [3.63, 3.8) is 0 Å². The second-order valence-corrected chi connectivity index (χ2v) is 8.65. The third kappa shape index (κ3) is 3.05. The Bertz CT molecular complexity index is 969. The van der Waals surface area contributed by atoms with E-state index in [1.165, 1.54) is 28.0 Å². The number of carbonyl (C=O) groups excluding carboxylic acids is 2. The summed E-state index contributed by atoms with van der Waals surface area (Å²) in [5, 5.41) is 0.0912. The summed E-state index contributed by atoms with van der Waals surface area (Å²) in [5.74, 6) is -0.419. The molecule has 4 rings (SSSR count). The van der Waals surface area contributed by atoms with Crippen LogP contribution in [-0.2, 0) is 9.59 Å². The number of aryl methyl sites for hydroxylation is 1. The lowest BCUT2D eigenvalue weighted by molar-refractivity contribution is -0.121. The van der Waals surface area contributed by atoms with Gasteiger partial charge in [-0.3, -0.25) is 9.59 Å². The van der Waals surface area contributed by atoms with Gasteiger partial charge in [0.25, 0.3) is 0 Å². The average Bonchev–Trinajstić information content (AvgIpc) is 3.11. The van der Waals surface area contributed by atoms with Gasteiger partial charge in [-0.2, -0.15) is 0 Å². The van der Waals surface area contributed by atoms with Crippen molar-refractivity contribution < 1.29 is 9.59 Å². The van der Waals surface area contributed by atoms with Crippen LogP contribution >= 0.6 is 34.7 Å². The first-order valence-corrected chi connectivity index (χ1v) is 9.75. The molecule has 4 nitrogen and oxygen atoms in total. The smallest absolute Gasteiger partial charge is 0.247 e. The summed E-state index contributed by atoms with van der Waals surface area (Å²) in [6.07, 6.45) is 0.172. The Morgan fingerprint density at radius 2 is 2.04 bits per heavy atom. The van der Waals surface area contributed by atoms with E-state index in [2.05, 4.69) is 4.98 Å². The molecule has 0 unspecified atom stereocenters. The van der Waals surface area contributed by atoms with Crippen molar-refractivity contribution in [2.45, 2.75) is 22.9 Å². The molecule has 1 saturated heterocycles. The number of anilines is 1. The summed E-state index contributed by atoms with van der Waals surface area (Å²) in [6.45, 7) is 1.88. The molecule has 0 aliphatic carbocycles. The maximum atomic E-state index is 12.8. The number of aromatic nitrogens is 1. The summed E-state index contributed by atoms with van der Waals surface area (Å²) in [6, 6.07) is 13.1. The SMILES string of the molecule is Cc1ccc(N2C(=O)C[C@@H](Sc3nc4ccccc4s3)C2=O)cc1Cl. The van der Waals surface area contributed by atoms with Gasteiger partial charge in [0.2, 0.25) is 11.8 Å². The fourth-order valence-electron chi connectivity index (χ4n) is 2.71. The van der Waals surface area contributed by atoms with Gasteiger partial charge in [-0.05, 0) is 36.8 Å². The minimum atomic E-state index is -0.451. The van der Waals surface area contributed by atoms with Crippen LogP contribution in [0.3, 0.4) is 0 Å². The molecule has 126 valence electrons. The molecule has 3 aromatic rings. The Hall–Kier alpha value is -1.89. The molecule has 2 heterocycles. The largest absolute Gasteiger partial charge is 0.274 e. The molecule has 0 spiro atoms. The molecule has 7 heteroatoms. The van der Waals surface area contributed by atoms with E-state index in [0.717, 1.165) is 20.1 Å². The summed E-state index contributed by atoms with van der Waals surface area (Å²) in [4.78, 5) is 30.9. The molecule has 2 amide bonds. The van der Waals surface area contributed by atoms with Crippen molar-refractivity contribution in [2.75, 3.05) is 4.90 Å². The van der Waals surface area contributed by atoms with Gasteiger partial charge in [-0.25, -0.2) is 9.88 Å². The number of benzene rings is 2. The highest BCUT2D eigenvalue weighted by Gasteiger charge is 2.40. The molecule has 1 atom stereocenters. The highest BCUT2D eigenvalue weighted by molar-refractivity contribution is 8.02. The molecule has 0 bridgehead atoms. The van der Waals surface area contributed by atoms with Crippen molar-refractivity contribution in [3.8, 4) is 0 Å². The standard InChI is InChI=1S/C18H13ClN2O2S2/c1-10-6-7-11(8-12(10)19)21-16(22)9-15(17(21)23)25-18-20-13-4-2-3-5-14(13)24-18/h2-8,15H,9H2,1H3/t15-/m1/s1. The first-order valence-electron chi connectivity index (χ1n) is 7.68. The monoisotopic (exact) mass is 388 g/mol. The Kier molecular flexibility index (Phi) is 4.27. The highest BCUT2D eigenvalue weighted by atomic mass is 35.5. The first-order chi connectivity index (χ1) is 12.0. The second-order valence-electron chi connectivity index (χ2n) is 5.76. The number of amides is 2. The number of imide groups is 1. The molecule has 2 aromatic carbocycles. The number of halogens is 1. The van der Waals surface area contributed by atoms with Crippen LogP contribution in [-0.4, -0.2) is 22.0 Å². The maximum absolute atomic E-state index is 12.8. The molecular weight excluding hydrogens is 376 g/mol. The van der Waals surface area contributed by atoms with E-state index >= 15 is 0 Å². The number of hydrogen-bond acceptors (Lipinski definition) is 5. The molecule has 1 aliphatic heterocycles. The van der Waals surface area contributed by atoms with E-state index in [-0.39, 0.29) is 18.2 Å². The number of carbonyl (C=O) groups is 2. The Morgan fingerprint density at radius 3 is 2.80 bits per heavy atom. The van der Waals surface area contributed by atoms with Crippen LogP contribution in [0.4, 0.5) is 5.69 Å². The maximum Gasteiger partial charge on any atom is 0.247 e. The molecule has 0 saturated carbocycles. The summed E-state index contributed by atoms with van der Waals surface area (Å²) < 4.78 is 1.88. The van der Waals surface area contributed by atoms with Crippen LogP contribution in [0, 0.1) is 6.92 Å². The Balaban J connectivity index is 1.59. The van der Waals surface area contributed by atoms with Crippen LogP contribution in [0.5, 0.6) is 0 Å². The molecular formula is C18H13ClN2O2S2. The Labute approximate surface area is 157 Å². The molecule has 1 aromatic heterocycles. The van der Waals surface area contributed by atoms with Gasteiger partial charge in [0.05, 0.1) is 15.9 Å². The number of hydrogen-bond donors (Lipinski definition) is 0. The van der Waals surface area contributed by atoms with Gasteiger partial charge < -0.3 is 0 Å². The molecule has 0 N–H and O–H groups in total. The number of rotatable bonds is 3. The quantitative estimate of drug-likeness (QED) is 0.611. The van der Waals surface area contributed by atoms with Gasteiger partial charge in [-0.1, -0.05) is 41.6 Å². The Morgan fingerprint density at radius 1 is 1.24 bits per heavy atom. The zero-order valence-electron chi connectivity index (χ0n) is 13.2. The normalized spacial score (nSPS) is 17.7. The zero-order chi connectivity index (χ0) is 17.6. The summed E-state index contributed by atoms with van der Waals surface area (Å²) >= 11 is 9.03. The summed E-state index contributed by atoms with van der Waals surface area (Å²) in [5.41, 5.74) is 2.34. The fraction of sp³-hybridized carbons (Fsp3) is 0.167. The lowest BCUT2D eigenvalue weighted by atomic mass is 10.2. The zero-order valence-corrected chi connectivity index (χ0v) is 15.6. The third-order valence-electron chi connectivity index (χ3n) is 4.04. The fourth-order valence-corrected chi connectivity index (χ4v) is 5.22. The minimum Gasteiger partial charge on any atom is -0.274 e. The molecule has 25 heavy (non-hydrogen) atoms. The highest BCUT2D eigenvalue weighted by Crippen LogP contribution is 2.38. The number of thiazole rings is 1. The average molecular weight is 389 g/mol. The first kappa shape index (κ1) is 16.6. The lowest BCUT2D eigenvalue weighted by Gasteiger charge is -2.15. The van der Waals surface area contributed by atoms with E-state index in [0.29, 0.717) is 10.7 Å². The van der Waals surface area contributed by atoms with E-state index in [1.54, 1.807) is 12.1 Å². The van der Waals surface area contributed by atoms with Gasteiger partial charge in [-0.15, -0.1) is 11.3 Å². The number of fused-ring (bicyclic) bond motifs is 1. The topological polar surface area (TPSA) is 50.3 Å². The number of thioether (sulfide) groups is 1. The van der Waals surface area contributed by atoms with E-state index in [4.69, 9.17) is 11.6 Å². The molecule has 0 radical (unpaired) electrons. The molecule has 1 fully saturated rings. The summed E-state index contributed by atoms with van der Waals surface area (Å²) in [7, 11) is 0.